The summed E-state index contributed by atoms with van der Waals surface area (Å²) in [5.41, 5.74) is 1.61. The lowest BCUT2D eigenvalue weighted by Crippen LogP contribution is -2.03. The van der Waals surface area contributed by atoms with E-state index in [0.717, 1.165) is 17.8 Å². The summed E-state index contributed by atoms with van der Waals surface area (Å²) in [7, 11) is 0. The molecule has 0 aromatic rings. The molecular formula is C12H24. The maximum atomic E-state index is 2.45. The van der Waals surface area contributed by atoms with Crippen molar-refractivity contribution in [2.24, 2.45) is 17.8 Å². The molecule has 0 aliphatic rings. The SMILES string of the molecule is CC/C(=C\C(C)C(C)C)C(C)C. The van der Waals surface area contributed by atoms with E-state index in [4.69, 9.17) is 0 Å². The summed E-state index contributed by atoms with van der Waals surface area (Å²) >= 11 is 0. The highest BCUT2D eigenvalue weighted by atomic mass is 14.1. The van der Waals surface area contributed by atoms with Gasteiger partial charge < -0.3 is 0 Å². The van der Waals surface area contributed by atoms with Crippen LogP contribution in [0.2, 0.25) is 0 Å². The Morgan fingerprint density at radius 3 is 1.83 bits per heavy atom. The third kappa shape index (κ3) is 3.94. The molecule has 0 rings (SSSR count). The predicted molar refractivity (Wildman–Crippen MR) is 57.2 cm³/mol. The van der Waals surface area contributed by atoms with Crippen LogP contribution < -0.4 is 0 Å². The molecule has 0 saturated heterocycles. The molecule has 1 atom stereocenters. The fraction of sp³-hybridized carbons (Fsp3) is 0.833. The Balaban J connectivity index is 4.27. The molecule has 0 aliphatic carbocycles. The first-order valence-corrected chi connectivity index (χ1v) is 5.19. The van der Waals surface area contributed by atoms with Gasteiger partial charge in [-0.1, -0.05) is 53.2 Å². The van der Waals surface area contributed by atoms with Crippen LogP contribution in [-0.4, -0.2) is 0 Å². The lowest BCUT2D eigenvalue weighted by Gasteiger charge is -2.15. The zero-order valence-electron chi connectivity index (χ0n) is 9.52. The fourth-order valence-electron chi connectivity index (χ4n) is 1.25. The Morgan fingerprint density at radius 2 is 1.58 bits per heavy atom. The van der Waals surface area contributed by atoms with Crippen LogP contribution in [0.15, 0.2) is 11.6 Å². The molecule has 0 heteroatoms. The lowest BCUT2D eigenvalue weighted by atomic mass is 9.91. The van der Waals surface area contributed by atoms with Crippen molar-refractivity contribution >= 4 is 0 Å². The maximum Gasteiger partial charge on any atom is -0.0236 e. The van der Waals surface area contributed by atoms with Crippen LogP contribution in [0.4, 0.5) is 0 Å². The van der Waals surface area contributed by atoms with Crippen LogP contribution in [0.3, 0.4) is 0 Å². The summed E-state index contributed by atoms with van der Waals surface area (Å²) in [6, 6.07) is 0. The van der Waals surface area contributed by atoms with Crippen LogP contribution in [0, 0.1) is 17.8 Å². The molecular weight excluding hydrogens is 144 g/mol. The molecule has 0 amide bonds. The van der Waals surface area contributed by atoms with E-state index in [9.17, 15) is 0 Å². The highest BCUT2D eigenvalue weighted by molar-refractivity contribution is 5.06. The van der Waals surface area contributed by atoms with Crippen molar-refractivity contribution in [3.8, 4) is 0 Å². The number of hydrogen-bond acceptors (Lipinski definition) is 0. The first kappa shape index (κ1) is 11.7. The maximum absolute atomic E-state index is 2.45. The van der Waals surface area contributed by atoms with Gasteiger partial charge in [0.2, 0.25) is 0 Å². The molecule has 0 fully saturated rings. The summed E-state index contributed by atoms with van der Waals surface area (Å²) in [4.78, 5) is 0. The van der Waals surface area contributed by atoms with Gasteiger partial charge in [0.15, 0.2) is 0 Å². The van der Waals surface area contributed by atoms with Gasteiger partial charge in [0.1, 0.15) is 0 Å². The van der Waals surface area contributed by atoms with Crippen LogP contribution in [0.5, 0.6) is 0 Å². The van der Waals surface area contributed by atoms with Crippen molar-refractivity contribution in [1.29, 1.82) is 0 Å². The third-order valence-electron chi connectivity index (χ3n) is 2.68. The van der Waals surface area contributed by atoms with Gasteiger partial charge in [-0.05, 0) is 24.2 Å². The number of rotatable bonds is 4. The van der Waals surface area contributed by atoms with Crippen molar-refractivity contribution in [1.82, 2.24) is 0 Å². The molecule has 0 heterocycles. The molecule has 0 aromatic heterocycles. The Kier molecular flexibility index (Phi) is 5.28. The van der Waals surface area contributed by atoms with Gasteiger partial charge in [-0.15, -0.1) is 0 Å². The minimum Gasteiger partial charge on any atom is -0.0820 e. The molecule has 0 saturated carbocycles. The summed E-state index contributed by atoms with van der Waals surface area (Å²) in [6.07, 6.45) is 3.66. The summed E-state index contributed by atoms with van der Waals surface area (Å²) in [6.45, 7) is 13.7. The first-order valence-electron chi connectivity index (χ1n) is 5.19. The third-order valence-corrected chi connectivity index (χ3v) is 2.68. The molecule has 0 N–H and O–H groups in total. The zero-order chi connectivity index (χ0) is 9.72. The van der Waals surface area contributed by atoms with E-state index < -0.39 is 0 Å². The van der Waals surface area contributed by atoms with Gasteiger partial charge >= 0.3 is 0 Å². The minimum atomic E-state index is 0.719. The van der Waals surface area contributed by atoms with Gasteiger partial charge in [-0.25, -0.2) is 0 Å². The van der Waals surface area contributed by atoms with E-state index in [1.165, 1.54) is 6.42 Å². The summed E-state index contributed by atoms with van der Waals surface area (Å²) in [5, 5.41) is 0. The second-order valence-electron chi connectivity index (χ2n) is 4.35. The van der Waals surface area contributed by atoms with E-state index in [-0.39, 0.29) is 0 Å². The highest BCUT2D eigenvalue weighted by Gasteiger charge is 2.06. The molecule has 0 aliphatic heterocycles. The minimum absolute atomic E-state index is 0.719. The molecule has 0 bridgehead atoms. The summed E-state index contributed by atoms with van der Waals surface area (Å²) < 4.78 is 0. The topological polar surface area (TPSA) is 0 Å². The van der Waals surface area contributed by atoms with Gasteiger partial charge in [0.25, 0.3) is 0 Å². The average molecular weight is 168 g/mol. The van der Waals surface area contributed by atoms with Crippen molar-refractivity contribution in [3.63, 3.8) is 0 Å². The molecule has 12 heavy (non-hydrogen) atoms. The first-order chi connectivity index (χ1) is 5.49. The van der Waals surface area contributed by atoms with E-state index >= 15 is 0 Å². The fourth-order valence-corrected chi connectivity index (χ4v) is 1.25. The normalized spacial score (nSPS) is 15.8. The van der Waals surface area contributed by atoms with Gasteiger partial charge in [-0.2, -0.15) is 0 Å². The molecule has 72 valence electrons. The monoisotopic (exact) mass is 168 g/mol. The largest absolute Gasteiger partial charge is 0.0820 e. The Bertz CT molecular complexity index is 140. The van der Waals surface area contributed by atoms with Crippen molar-refractivity contribution in [2.75, 3.05) is 0 Å². The van der Waals surface area contributed by atoms with Crippen molar-refractivity contribution in [3.05, 3.63) is 11.6 Å². The smallest absolute Gasteiger partial charge is 0.0236 e. The Labute approximate surface area is 78.1 Å². The van der Waals surface area contributed by atoms with Crippen LogP contribution >= 0.6 is 0 Å². The molecule has 0 nitrogen and oxygen atoms in total. The second kappa shape index (κ2) is 5.40. The van der Waals surface area contributed by atoms with Crippen LogP contribution in [0.25, 0.3) is 0 Å². The van der Waals surface area contributed by atoms with Crippen LogP contribution in [0.1, 0.15) is 48.0 Å². The number of allylic oxidation sites excluding steroid dienone is 2. The van der Waals surface area contributed by atoms with E-state index in [1.54, 1.807) is 5.57 Å². The van der Waals surface area contributed by atoms with E-state index in [2.05, 4.69) is 47.6 Å². The van der Waals surface area contributed by atoms with Crippen molar-refractivity contribution in [2.45, 2.75) is 48.0 Å². The average Bonchev–Trinajstić information content (AvgIpc) is 1.98. The number of hydrogen-bond donors (Lipinski definition) is 0. The Hall–Kier alpha value is -0.260. The van der Waals surface area contributed by atoms with Crippen LogP contribution in [-0.2, 0) is 0 Å². The van der Waals surface area contributed by atoms with Gasteiger partial charge in [0.05, 0.1) is 0 Å². The van der Waals surface area contributed by atoms with E-state index in [0.29, 0.717) is 0 Å². The quantitative estimate of drug-likeness (QED) is 0.550. The summed E-state index contributed by atoms with van der Waals surface area (Å²) in [5.74, 6) is 2.21. The van der Waals surface area contributed by atoms with E-state index in [1.807, 2.05) is 0 Å². The molecule has 0 radical (unpaired) electrons. The highest BCUT2D eigenvalue weighted by Crippen LogP contribution is 2.20. The van der Waals surface area contributed by atoms with Crippen molar-refractivity contribution < 1.29 is 0 Å². The standard InChI is InChI=1S/C12H24/c1-7-12(10(4)5)8-11(6)9(2)3/h8-11H,7H2,1-6H3/b12-8+. The Morgan fingerprint density at radius 1 is 1.08 bits per heavy atom. The van der Waals surface area contributed by atoms with Gasteiger partial charge in [-0.3, -0.25) is 0 Å². The molecule has 0 aromatic carbocycles. The zero-order valence-corrected chi connectivity index (χ0v) is 9.52. The molecule has 1 unspecified atom stereocenters. The second-order valence-corrected chi connectivity index (χ2v) is 4.35. The van der Waals surface area contributed by atoms with Gasteiger partial charge in [0, 0.05) is 0 Å². The molecule has 0 spiro atoms. The predicted octanol–water partition coefficient (Wildman–Crippen LogP) is 4.27. The lowest BCUT2D eigenvalue weighted by molar-refractivity contribution is 0.496.